The second kappa shape index (κ2) is 6.89. The van der Waals surface area contributed by atoms with Gasteiger partial charge in [-0.3, -0.25) is 0 Å². The Bertz CT molecular complexity index is 372. The van der Waals surface area contributed by atoms with Gasteiger partial charge in [-0.2, -0.15) is 11.8 Å². The second-order valence-electron chi connectivity index (χ2n) is 4.80. The average Bonchev–Trinajstić information content (AvgIpc) is 2.70. The lowest BCUT2D eigenvalue weighted by Crippen LogP contribution is -2.38. The van der Waals surface area contributed by atoms with Crippen LogP contribution in [0, 0.1) is 13.8 Å². The summed E-state index contributed by atoms with van der Waals surface area (Å²) in [4.78, 5) is 8.51. The lowest BCUT2D eigenvalue weighted by atomic mass is 10.2. The zero-order chi connectivity index (χ0) is 13.0. The molecule has 0 saturated carbocycles. The molecule has 2 heterocycles. The summed E-state index contributed by atoms with van der Waals surface area (Å²) in [6, 6.07) is 0.370. The van der Waals surface area contributed by atoms with Gasteiger partial charge in [0, 0.05) is 48.6 Å². The van der Waals surface area contributed by atoms with Gasteiger partial charge in [0.1, 0.15) is 0 Å². The van der Waals surface area contributed by atoms with E-state index in [-0.39, 0.29) is 0 Å². The third kappa shape index (κ3) is 3.95. The highest BCUT2D eigenvalue weighted by Gasteiger charge is 2.14. The van der Waals surface area contributed by atoms with Crippen LogP contribution in [0.4, 0.5) is 0 Å². The van der Waals surface area contributed by atoms with Gasteiger partial charge in [-0.25, -0.2) is 4.98 Å². The molecule has 0 bridgehead atoms. The van der Waals surface area contributed by atoms with Crippen LogP contribution in [0.1, 0.15) is 28.5 Å². The zero-order valence-electron chi connectivity index (χ0n) is 11.5. The summed E-state index contributed by atoms with van der Waals surface area (Å²) < 4.78 is 0. The Morgan fingerprint density at radius 3 is 2.67 bits per heavy atom. The Labute approximate surface area is 118 Å². The number of rotatable bonds is 5. The fourth-order valence-electron chi connectivity index (χ4n) is 2.31. The van der Waals surface area contributed by atoms with Crippen LogP contribution in [-0.4, -0.2) is 47.6 Å². The molecule has 1 aliphatic heterocycles. The molecule has 102 valence electrons. The molecule has 1 aliphatic rings. The predicted molar refractivity (Wildman–Crippen MR) is 81.8 cm³/mol. The quantitative estimate of drug-likeness (QED) is 0.899. The fourth-order valence-corrected chi connectivity index (χ4v) is 4.20. The van der Waals surface area contributed by atoms with Crippen LogP contribution in [-0.2, 0) is 0 Å². The van der Waals surface area contributed by atoms with Gasteiger partial charge in [-0.1, -0.05) is 0 Å². The van der Waals surface area contributed by atoms with E-state index < -0.39 is 0 Å². The van der Waals surface area contributed by atoms with E-state index in [9.17, 15) is 0 Å². The summed E-state index contributed by atoms with van der Waals surface area (Å²) in [7, 11) is 0. The first-order chi connectivity index (χ1) is 8.66. The standard InChI is InChI=1S/C13H23N3S2/c1-10(13-11(2)18-12(3)15-13)14-4-5-16-6-8-17-9-7-16/h10,14H,4-9H2,1-3H3. The summed E-state index contributed by atoms with van der Waals surface area (Å²) in [5, 5.41) is 4.77. The first kappa shape index (κ1) is 14.3. The Kier molecular flexibility index (Phi) is 5.48. The van der Waals surface area contributed by atoms with Crippen molar-refractivity contribution in [1.82, 2.24) is 15.2 Å². The summed E-state index contributed by atoms with van der Waals surface area (Å²) >= 11 is 3.86. The van der Waals surface area contributed by atoms with Gasteiger partial charge < -0.3 is 10.2 Å². The van der Waals surface area contributed by atoms with Crippen LogP contribution in [0.25, 0.3) is 0 Å². The maximum absolute atomic E-state index is 4.61. The highest BCUT2D eigenvalue weighted by atomic mass is 32.2. The molecular weight excluding hydrogens is 262 g/mol. The van der Waals surface area contributed by atoms with Crippen LogP contribution in [0.15, 0.2) is 0 Å². The summed E-state index contributed by atoms with van der Waals surface area (Å²) in [5.74, 6) is 2.58. The summed E-state index contributed by atoms with van der Waals surface area (Å²) in [5.41, 5.74) is 1.23. The van der Waals surface area contributed by atoms with Gasteiger partial charge in [0.2, 0.25) is 0 Å². The number of thioether (sulfide) groups is 1. The number of nitrogens with one attached hydrogen (secondary N) is 1. The SMILES string of the molecule is Cc1nc(C(C)NCCN2CCSCC2)c(C)s1. The molecule has 0 aliphatic carbocycles. The highest BCUT2D eigenvalue weighted by molar-refractivity contribution is 7.99. The predicted octanol–water partition coefficient (Wildman–Crippen LogP) is 2.46. The van der Waals surface area contributed by atoms with E-state index in [1.54, 1.807) is 11.3 Å². The highest BCUT2D eigenvalue weighted by Crippen LogP contribution is 2.22. The Morgan fingerprint density at radius 2 is 2.06 bits per heavy atom. The van der Waals surface area contributed by atoms with Gasteiger partial charge in [0.25, 0.3) is 0 Å². The molecule has 5 heteroatoms. The summed E-state index contributed by atoms with van der Waals surface area (Å²) in [6.45, 7) is 11.2. The van der Waals surface area contributed by atoms with Crippen LogP contribution < -0.4 is 5.32 Å². The Hall–Kier alpha value is -0.100. The molecule has 0 aromatic carbocycles. The van der Waals surface area contributed by atoms with Gasteiger partial charge >= 0.3 is 0 Å². The van der Waals surface area contributed by atoms with E-state index in [0.717, 1.165) is 13.1 Å². The molecule has 0 amide bonds. The minimum absolute atomic E-state index is 0.370. The lowest BCUT2D eigenvalue weighted by Gasteiger charge is -2.26. The first-order valence-corrected chi connectivity index (χ1v) is 8.61. The van der Waals surface area contributed by atoms with E-state index >= 15 is 0 Å². The number of thiazole rings is 1. The molecule has 2 rings (SSSR count). The van der Waals surface area contributed by atoms with E-state index in [4.69, 9.17) is 0 Å². The number of nitrogens with zero attached hydrogens (tertiary/aromatic N) is 2. The van der Waals surface area contributed by atoms with Crippen molar-refractivity contribution in [2.75, 3.05) is 37.7 Å². The first-order valence-electron chi connectivity index (χ1n) is 6.64. The van der Waals surface area contributed by atoms with Crippen molar-refractivity contribution in [3.8, 4) is 0 Å². The molecule has 1 unspecified atom stereocenters. The largest absolute Gasteiger partial charge is 0.308 e. The smallest absolute Gasteiger partial charge is 0.0900 e. The molecular formula is C13H23N3S2. The van der Waals surface area contributed by atoms with Crippen LogP contribution in [0.3, 0.4) is 0 Å². The number of hydrogen-bond donors (Lipinski definition) is 1. The Morgan fingerprint density at radius 1 is 1.33 bits per heavy atom. The minimum atomic E-state index is 0.370. The van der Waals surface area contributed by atoms with E-state index in [1.807, 2.05) is 0 Å². The van der Waals surface area contributed by atoms with Crippen LogP contribution in [0.2, 0.25) is 0 Å². The molecule has 0 radical (unpaired) electrons. The molecule has 1 aromatic heterocycles. The molecule has 3 nitrogen and oxygen atoms in total. The molecule has 18 heavy (non-hydrogen) atoms. The minimum Gasteiger partial charge on any atom is -0.308 e. The molecule has 1 N–H and O–H groups in total. The number of hydrogen-bond acceptors (Lipinski definition) is 5. The number of aromatic nitrogens is 1. The fraction of sp³-hybridized carbons (Fsp3) is 0.769. The van der Waals surface area contributed by atoms with Crippen molar-refractivity contribution in [3.05, 3.63) is 15.6 Å². The Balaban J connectivity index is 1.74. The van der Waals surface area contributed by atoms with Crippen molar-refractivity contribution in [3.63, 3.8) is 0 Å². The van der Waals surface area contributed by atoms with Gasteiger partial charge in [-0.15, -0.1) is 11.3 Å². The topological polar surface area (TPSA) is 28.2 Å². The molecule has 0 spiro atoms. The van der Waals surface area contributed by atoms with Gasteiger partial charge in [-0.05, 0) is 20.8 Å². The van der Waals surface area contributed by atoms with Crippen molar-refractivity contribution in [2.45, 2.75) is 26.8 Å². The second-order valence-corrected chi connectivity index (χ2v) is 7.44. The van der Waals surface area contributed by atoms with E-state index in [2.05, 4.69) is 47.7 Å². The molecule has 1 fully saturated rings. The molecule has 1 atom stereocenters. The maximum Gasteiger partial charge on any atom is 0.0900 e. The van der Waals surface area contributed by atoms with E-state index in [1.165, 1.54) is 40.2 Å². The van der Waals surface area contributed by atoms with Crippen molar-refractivity contribution in [1.29, 1.82) is 0 Å². The van der Waals surface area contributed by atoms with Gasteiger partial charge in [0.15, 0.2) is 0 Å². The van der Waals surface area contributed by atoms with E-state index in [0.29, 0.717) is 6.04 Å². The zero-order valence-corrected chi connectivity index (χ0v) is 13.2. The maximum atomic E-state index is 4.61. The van der Waals surface area contributed by atoms with Gasteiger partial charge in [0.05, 0.1) is 10.7 Å². The monoisotopic (exact) mass is 285 g/mol. The van der Waals surface area contributed by atoms with Crippen LogP contribution >= 0.6 is 23.1 Å². The average molecular weight is 285 g/mol. The molecule has 1 aromatic rings. The normalized spacial score (nSPS) is 19.1. The third-order valence-corrected chi connectivity index (χ3v) is 5.18. The van der Waals surface area contributed by atoms with Crippen LogP contribution in [0.5, 0.6) is 0 Å². The number of aryl methyl sites for hydroxylation is 2. The molecule has 1 saturated heterocycles. The van der Waals surface area contributed by atoms with Crippen molar-refractivity contribution < 1.29 is 0 Å². The van der Waals surface area contributed by atoms with Crippen molar-refractivity contribution in [2.24, 2.45) is 0 Å². The van der Waals surface area contributed by atoms with Crippen molar-refractivity contribution >= 4 is 23.1 Å². The summed E-state index contributed by atoms with van der Waals surface area (Å²) in [6.07, 6.45) is 0. The third-order valence-electron chi connectivity index (χ3n) is 3.33. The lowest BCUT2D eigenvalue weighted by molar-refractivity contribution is 0.296.